The highest BCUT2D eigenvalue weighted by Crippen LogP contribution is 2.31. The van der Waals surface area contributed by atoms with Crippen molar-refractivity contribution in [2.75, 3.05) is 5.73 Å². The molecule has 0 radical (unpaired) electrons. The number of aromatic nitrogens is 1. The molecule has 1 atom stereocenters. The van der Waals surface area contributed by atoms with Gasteiger partial charge in [0, 0.05) is 28.0 Å². The Hall–Kier alpha value is -2.27. The van der Waals surface area contributed by atoms with Crippen molar-refractivity contribution in [1.29, 1.82) is 0 Å². The van der Waals surface area contributed by atoms with Gasteiger partial charge in [-0.2, -0.15) is 0 Å². The smallest absolute Gasteiger partial charge is 0.326 e. The number of hydrogen-bond donors (Lipinski definition) is 2. The Kier molecular flexibility index (Phi) is 5.11. The SMILES string of the molecule is CC.Nc1ccc(Cl)cc1-c1cc2n(c(=O)c1)C(C(=O)O)CC2. The molecule has 3 rings (SSSR count). The second kappa shape index (κ2) is 6.87. The monoisotopic (exact) mass is 334 g/mol. The maximum Gasteiger partial charge on any atom is 0.326 e. The highest BCUT2D eigenvalue weighted by Gasteiger charge is 2.29. The van der Waals surface area contributed by atoms with E-state index in [1.807, 2.05) is 19.9 Å². The van der Waals surface area contributed by atoms with Crippen LogP contribution in [0.25, 0.3) is 11.1 Å². The Bertz CT molecular complexity index is 799. The van der Waals surface area contributed by atoms with Crippen molar-refractivity contribution in [2.45, 2.75) is 32.7 Å². The zero-order valence-corrected chi connectivity index (χ0v) is 13.8. The number of aryl methyl sites for hydroxylation is 1. The first-order chi connectivity index (χ1) is 11.0. The third-order valence-corrected chi connectivity index (χ3v) is 3.98. The molecule has 0 aliphatic carbocycles. The Balaban J connectivity index is 0.000000924. The standard InChI is InChI=1S/C15H13ClN2O3.C2H6/c16-9-1-3-12(17)11(7-9)8-5-10-2-4-13(15(20)21)18(10)14(19)6-8;1-2/h1,3,5-7,13H,2,4,17H2,(H,20,21);1-2H3. The predicted octanol–water partition coefficient (Wildman–Crippen LogP) is 3.35. The summed E-state index contributed by atoms with van der Waals surface area (Å²) in [4.78, 5) is 23.4. The summed E-state index contributed by atoms with van der Waals surface area (Å²) in [6, 6.07) is 7.51. The fourth-order valence-corrected chi connectivity index (χ4v) is 2.93. The van der Waals surface area contributed by atoms with Crippen molar-refractivity contribution in [1.82, 2.24) is 4.57 Å². The summed E-state index contributed by atoms with van der Waals surface area (Å²) in [5.41, 5.74) is 8.19. The van der Waals surface area contributed by atoms with Crippen LogP contribution in [0, 0.1) is 0 Å². The summed E-state index contributed by atoms with van der Waals surface area (Å²) in [5.74, 6) is -0.981. The lowest BCUT2D eigenvalue weighted by molar-refractivity contribution is -0.140. The number of nitrogens with two attached hydrogens (primary N) is 1. The molecule has 1 aromatic carbocycles. The molecule has 0 fully saturated rings. The third-order valence-electron chi connectivity index (χ3n) is 3.74. The number of pyridine rings is 1. The molecule has 1 aromatic heterocycles. The van der Waals surface area contributed by atoms with E-state index in [1.165, 1.54) is 10.6 Å². The van der Waals surface area contributed by atoms with Crippen molar-refractivity contribution in [3.8, 4) is 11.1 Å². The van der Waals surface area contributed by atoms with E-state index >= 15 is 0 Å². The first-order valence-electron chi connectivity index (χ1n) is 7.51. The van der Waals surface area contributed by atoms with E-state index in [2.05, 4.69) is 0 Å². The number of aliphatic carboxylic acids is 1. The number of halogens is 1. The number of fused-ring (bicyclic) bond motifs is 1. The molecule has 23 heavy (non-hydrogen) atoms. The van der Waals surface area contributed by atoms with Gasteiger partial charge in [-0.05, 0) is 42.7 Å². The number of carbonyl (C=O) groups is 1. The van der Waals surface area contributed by atoms with Crippen LogP contribution in [0.4, 0.5) is 5.69 Å². The van der Waals surface area contributed by atoms with Gasteiger partial charge in [-0.25, -0.2) is 4.79 Å². The maximum absolute atomic E-state index is 12.2. The van der Waals surface area contributed by atoms with Crippen LogP contribution in [0.1, 0.15) is 32.0 Å². The minimum atomic E-state index is -0.981. The van der Waals surface area contributed by atoms with Crippen molar-refractivity contribution in [3.63, 3.8) is 0 Å². The fraction of sp³-hybridized carbons (Fsp3) is 0.294. The third kappa shape index (κ3) is 3.24. The quantitative estimate of drug-likeness (QED) is 0.825. The van der Waals surface area contributed by atoms with Gasteiger partial charge in [0.2, 0.25) is 0 Å². The predicted molar refractivity (Wildman–Crippen MR) is 91.9 cm³/mol. The van der Waals surface area contributed by atoms with Gasteiger partial charge in [0.25, 0.3) is 5.56 Å². The zero-order chi connectivity index (χ0) is 17.1. The Morgan fingerprint density at radius 2 is 2.00 bits per heavy atom. The molecule has 1 unspecified atom stereocenters. The molecule has 0 bridgehead atoms. The van der Waals surface area contributed by atoms with Crippen molar-refractivity contribution in [2.24, 2.45) is 0 Å². The first kappa shape index (κ1) is 17.1. The summed E-state index contributed by atoms with van der Waals surface area (Å²) in [6.45, 7) is 4.00. The molecule has 0 saturated heterocycles. The van der Waals surface area contributed by atoms with Gasteiger partial charge in [0.1, 0.15) is 6.04 Å². The van der Waals surface area contributed by atoms with Crippen molar-refractivity contribution >= 4 is 23.3 Å². The molecule has 1 aliphatic rings. The Labute approximate surface area is 139 Å². The lowest BCUT2D eigenvalue weighted by Crippen LogP contribution is -2.27. The van der Waals surface area contributed by atoms with E-state index in [9.17, 15) is 9.59 Å². The van der Waals surface area contributed by atoms with Gasteiger partial charge in [-0.3, -0.25) is 9.36 Å². The number of rotatable bonds is 2. The maximum atomic E-state index is 12.2. The van der Waals surface area contributed by atoms with E-state index in [1.54, 1.807) is 18.2 Å². The Morgan fingerprint density at radius 3 is 2.65 bits per heavy atom. The molecule has 122 valence electrons. The number of carboxylic acids is 1. The molecule has 3 N–H and O–H groups in total. The van der Waals surface area contributed by atoms with Gasteiger partial charge < -0.3 is 10.8 Å². The van der Waals surface area contributed by atoms with Crippen LogP contribution in [0.3, 0.4) is 0 Å². The number of nitrogens with zero attached hydrogens (tertiary/aromatic N) is 1. The van der Waals surface area contributed by atoms with Gasteiger partial charge in [0.15, 0.2) is 0 Å². The van der Waals surface area contributed by atoms with Crippen molar-refractivity contribution < 1.29 is 9.90 Å². The largest absolute Gasteiger partial charge is 0.480 e. The number of anilines is 1. The van der Waals surface area contributed by atoms with Gasteiger partial charge in [-0.15, -0.1) is 0 Å². The van der Waals surface area contributed by atoms with Gasteiger partial charge >= 0.3 is 5.97 Å². The molecule has 0 amide bonds. The van der Waals surface area contributed by atoms with E-state index in [0.717, 1.165) is 0 Å². The van der Waals surface area contributed by atoms with E-state index in [-0.39, 0.29) is 5.56 Å². The summed E-state index contributed by atoms with van der Waals surface area (Å²) < 4.78 is 1.34. The number of carboxylic acid groups (broad SMARTS) is 1. The number of nitrogen functional groups attached to an aromatic ring is 1. The van der Waals surface area contributed by atoms with Crippen LogP contribution >= 0.6 is 11.6 Å². The minimum absolute atomic E-state index is 0.327. The van der Waals surface area contributed by atoms with Crippen LogP contribution in [-0.2, 0) is 11.2 Å². The second-order valence-electron chi connectivity index (χ2n) is 5.07. The molecule has 0 saturated carbocycles. The lowest BCUT2D eigenvalue weighted by atomic mass is 10.0. The van der Waals surface area contributed by atoms with Gasteiger partial charge in [-0.1, -0.05) is 25.4 Å². The second-order valence-corrected chi connectivity index (χ2v) is 5.50. The molecular weight excluding hydrogens is 316 g/mol. The number of benzene rings is 1. The molecule has 2 aromatic rings. The summed E-state index contributed by atoms with van der Waals surface area (Å²) in [6.07, 6.45) is 0.986. The van der Waals surface area contributed by atoms with E-state index in [0.29, 0.717) is 40.4 Å². The molecule has 0 spiro atoms. The van der Waals surface area contributed by atoms with Crippen LogP contribution in [0.5, 0.6) is 0 Å². The fourth-order valence-electron chi connectivity index (χ4n) is 2.76. The van der Waals surface area contributed by atoms with Crippen LogP contribution in [0.2, 0.25) is 5.02 Å². The normalized spacial score (nSPS) is 15.5. The van der Waals surface area contributed by atoms with Gasteiger partial charge in [0.05, 0.1) is 0 Å². The molecular formula is C17H19ClN2O3. The molecule has 2 heterocycles. The number of hydrogen-bond acceptors (Lipinski definition) is 3. The average Bonchev–Trinajstić information content (AvgIpc) is 2.96. The van der Waals surface area contributed by atoms with Crippen molar-refractivity contribution in [3.05, 3.63) is 51.4 Å². The zero-order valence-electron chi connectivity index (χ0n) is 13.0. The first-order valence-corrected chi connectivity index (χ1v) is 7.89. The summed E-state index contributed by atoms with van der Waals surface area (Å²) in [5, 5.41) is 9.68. The molecule has 1 aliphatic heterocycles. The minimum Gasteiger partial charge on any atom is -0.480 e. The lowest BCUT2D eigenvalue weighted by Gasteiger charge is -2.12. The van der Waals surface area contributed by atoms with Crippen LogP contribution in [-0.4, -0.2) is 15.6 Å². The summed E-state index contributed by atoms with van der Waals surface area (Å²) in [7, 11) is 0. The Morgan fingerprint density at radius 1 is 1.30 bits per heavy atom. The van der Waals surface area contributed by atoms with Crippen LogP contribution in [0.15, 0.2) is 35.1 Å². The topological polar surface area (TPSA) is 85.3 Å². The molecule has 5 nitrogen and oxygen atoms in total. The van der Waals surface area contributed by atoms with E-state index < -0.39 is 12.0 Å². The average molecular weight is 335 g/mol. The highest BCUT2D eigenvalue weighted by molar-refractivity contribution is 6.31. The molecule has 6 heteroatoms. The van der Waals surface area contributed by atoms with Crippen LogP contribution < -0.4 is 11.3 Å². The summed E-state index contributed by atoms with van der Waals surface area (Å²) >= 11 is 5.97. The van der Waals surface area contributed by atoms with E-state index in [4.69, 9.17) is 22.4 Å². The highest BCUT2D eigenvalue weighted by atomic mass is 35.5.